The molecule has 1 fully saturated rings. The summed E-state index contributed by atoms with van der Waals surface area (Å²) < 4.78 is 0. The van der Waals surface area contributed by atoms with E-state index in [1.54, 1.807) is 5.01 Å². The lowest BCUT2D eigenvalue weighted by atomic mass is 10.1. The molecule has 4 N–H and O–H groups in total. The number of nitrogens with one attached hydrogen (secondary N) is 2. The summed E-state index contributed by atoms with van der Waals surface area (Å²) in [5.41, 5.74) is 5.92. The fourth-order valence-electron chi connectivity index (χ4n) is 2.58. The molecule has 3 atom stereocenters. The normalized spacial score (nSPS) is 35.3. The van der Waals surface area contributed by atoms with Crippen LogP contribution >= 0.6 is 11.6 Å². The number of hydrogen-bond donors (Lipinski definition) is 3. The second-order valence-electron chi connectivity index (χ2n) is 5.06. The Morgan fingerprint density at radius 1 is 1.61 bits per heavy atom. The molecule has 0 aliphatic carbocycles. The van der Waals surface area contributed by atoms with Crippen LogP contribution in [0.1, 0.15) is 13.3 Å². The highest BCUT2D eigenvalue weighted by Gasteiger charge is 2.39. The fraction of sp³-hybridized carbons (Fsp3) is 0.636. The lowest BCUT2D eigenvalue weighted by Gasteiger charge is -2.37. The minimum atomic E-state index is -0.00757. The molecule has 0 aromatic heterocycles. The van der Waals surface area contributed by atoms with Crippen molar-refractivity contribution in [3.8, 4) is 0 Å². The van der Waals surface area contributed by atoms with Gasteiger partial charge in [-0.3, -0.25) is 5.41 Å². The molecule has 0 aromatic carbocycles. The molecule has 6 nitrogen and oxygen atoms in total. The van der Waals surface area contributed by atoms with Gasteiger partial charge in [-0.2, -0.15) is 5.10 Å². The zero-order valence-electron chi connectivity index (χ0n) is 10.2. The average Bonchev–Trinajstić information content (AvgIpc) is 2.91. The van der Waals surface area contributed by atoms with E-state index in [0.717, 1.165) is 25.3 Å². The van der Waals surface area contributed by atoms with Gasteiger partial charge in [-0.25, -0.2) is 5.01 Å². The molecule has 1 saturated heterocycles. The van der Waals surface area contributed by atoms with E-state index in [1.165, 1.54) is 0 Å². The summed E-state index contributed by atoms with van der Waals surface area (Å²) in [4.78, 5) is 2.13. The highest BCUT2D eigenvalue weighted by Crippen LogP contribution is 2.29. The van der Waals surface area contributed by atoms with Crippen molar-refractivity contribution in [3.05, 3.63) is 10.9 Å². The number of nitrogens with zero attached hydrogens (tertiary/aromatic N) is 3. The van der Waals surface area contributed by atoms with Crippen LogP contribution in [0.4, 0.5) is 0 Å². The average molecular weight is 269 g/mol. The Balaban J connectivity index is 1.88. The van der Waals surface area contributed by atoms with Crippen LogP contribution in [0.3, 0.4) is 0 Å². The molecule has 0 spiro atoms. The van der Waals surface area contributed by atoms with E-state index < -0.39 is 0 Å². The minimum Gasteiger partial charge on any atom is -0.355 e. The van der Waals surface area contributed by atoms with Gasteiger partial charge in [0.2, 0.25) is 0 Å². The summed E-state index contributed by atoms with van der Waals surface area (Å²) in [6, 6.07) is 0.188. The summed E-state index contributed by atoms with van der Waals surface area (Å²) in [6.07, 6.45) is 2.80. The third kappa shape index (κ3) is 1.67. The molecule has 98 valence electrons. The van der Waals surface area contributed by atoms with Crippen LogP contribution in [0.15, 0.2) is 16.0 Å². The summed E-state index contributed by atoms with van der Waals surface area (Å²) in [5, 5.41) is 17.7. The lowest BCUT2D eigenvalue weighted by Crippen LogP contribution is -2.53. The van der Waals surface area contributed by atoms with E-state index in [-0.39, 0.29) is 24.0 Å². The first-order valence-corrected chi connectivity index (χ1v) is 6.55. The van der Waals surface area contributed by atoms with Crippen LogP contribution in [-0.2, 0) is 0 Å². The SMILES string of the molecule is C[C@H]1C=NN2C(=N)C(Cl)=C(N3CC[C@@H](N)C3)NC12. The molecule has 0 bridgehead atoms. The van der Waals surface area contributed by atoms with Crippen molar-refractivity contribution in [3.63, 3.8) is 0 Å². The molecule has 0 radical (unpaired) electrons. The van der Waals surface area contributed by atoms with Gasteiger partial charge in [0, 0.05) is 31.3 Å². The molecule has 0 saturated carbocycles. The number of amidine groups is 1. The maximum atomic E-state index is 8.08. The zero-order chi connectivity index (χ0) is 12.9. The molecule has 3 aliphatic heterocycles. The van der Waals surface area contributed by atoms with Crippen molar-refractivity contribution in [2.24, 2.45) is 16.8 Å². The maximum Gasteiger partial charge on any atom is 0.166 e. The molecule has 3 heterocycles. The van der Waals surface area contributed by atoms with E-state index in [0.29, 0.717) is 5.03 Å². The zero-order valence-corrected chi connectivity index (χ0v) is 11.0. The van der Waals surface area contributed by atoms with Gasteiger partial charge >= 0.3 is 0 Å². The van der Waals surface area contributed by atoms with E-state index in [4.69, 9.17) is 22.7 Å². The highest BCUT2D eigenvalue weighted by atomic mass is 35.5. The highest BCUT2D eigenvalue weighted by molar-refractivity contribution is 6.43. The first-order valence-electron chi connectivity index (χ1n) is 6.17. The smallest absolute Gasteiger partial charge is 0.166 e. The number of fused-ring (bicyclic) bond motifs is 1. The minimum absolute atomic E-state index is 0.00757. The van der Waals surface area contributed by atoms with Gasteiger partial charge in [-0.15, -0.1) is 0 Å². The van der Waals surface area contributed by atoms with Crippen molar-refractivity contribution in [2.45, 2.75) is 25.6 Å². The number of hydrazone groups is 1. The quantitative estimate of drug-likeness (QED) is 0.638. The standard InChI is InChI=1S/C11H17ClN6/c1-6-4-15-18-9(14)8(12)11(16-10(6)18)17-3-2-7(13)5-17/h4,6-7,10,14,16H,2-3,5,13H2,1H3/t6-,7+,10?/m0/s1. The van der Waals surface area contributed by atoms with Crippen LogP contribution in [0.5, 0.6) is 0 Å². The summed E-state index contributed by atoms with van der Waals surface area (Å²) >= 11 is 6.27. The second kappa shape index (κ2) is 4.13. The van der Waals surface area contributed by atoms with Crippen LogP contribution < -0.4 is 11.1 Å². The Morgan fingerprint density at radius 2 is 2.39 bits per heavy atom. The van der Waals surface area contributed by atoms with Gasteiger partial charge in [0.1, 0.15) is 17.0 Å². The Kier molecular flexibility index (Phi) is 2.71. The van der Waals surface area contributed by atoms with Gasteiger partial charge < -0.3 is 16.0 Å². The largest absolute Gasteiger partial charge is 0.355 e. The Morgan fingerprint density at radius 3 is 3.06 bits per heavy atom. The van der Waals surface area contributed by atoms with Crippen molar-refractivity contribution < 1.29 is 0 Å². The third-order valence-corrected chi connectivity index (χ3v) is 4.02. The number of hydrogen-bond acceptors (Lipinski definition) is 5. The van der Waals surface area contributed by atoms with Crippen LogP contribution in [-0.4, -0.2) is 47.3 Å². The van der Waals surface area contributed by atoms with Gasteiger partial charge in [0.05, 0.1) is 0 Å². The van der Waals surface area contributed by atoms with Crippen molar-refractivity contribution >= 4 is 23.7 Å². The van der Waals surface area contributed by atoms with Crippen molar-refractivity contribution in [2.75, 3.05) is 13.1 Å². The topological polar surface area (TPSA) is 80.7 Å². The molecule has 7 heteroatoms. The molecular weight excluding hydrogens is 252 g/mol. The van der Waals surface area contributed by atoms with Gasteiger partial charge in [-0.1, -0.05) is 18.5 Å². The molecule has 18 heavy (non-hydrogen) atoms. The summed E-state index contributed by atoms with van der Waals surface area (Å²) in [5.74, 6) is 1.34. The van der Waals surface area contributed by atoms with Crippen molar-refractivity contribution in [1.29, 1.82) is 5.41 Å². The van der Waals surface area contributed by atoms with Crippen LogP contribution in [0.25, 0.3) is 0 Å². The predicted octanol–water partition coefficient (Wildman–Crippen LogP) is 0.271. The predicted molar refractivity (Wildman–Crippen MR) is 71.2 cm³/mol. The van der Waals surface area contributed by atoms with E-state index in [9.17, 15) is 0 Å². The maximum absolute atomic E-state index is 8.08. The number of halogens is 1. The van der Waals surface area contributed by atoms with Gasteiger partial charge in [-0.05, 0) is 6.42 Å². The summed E-state index contributed by atoms with van der Waals surface area (Å²) in [6.45, 7) is 3.74. The Labute approximate surface area is 111 Å². The Hall–Kier alpha value is -1.27. The molecular formula is C11H17ClN6. The van der Waals surface area contributed by atoms with E-state index >= 15 is 0 Å². The third-order valence-electron chi connectivity index (χ3n) is 3.66. The lowest BCUT2D eigenvalue weighted by molar-refractivity contribution is 0.237. The second-order valence-corrected chi connectivity index (χ2v) is 5.44. The van der Waals surface area contributed by atoms with Crippen LogP contribution in [0, 0.1) is 11.3 Å². The molecule has 1 unspecified atom stereocenters. The molecule has 0 amide bonds. The number of nitrogens with two attached hydrogens (primary N) is 1. The van der Waals surface area contributed by atoms with Gasteiger partial charge in [0.25, 0.3) is 0 Å². The van der Waals surface area contributed by atoms with Gasteiger partial charge in [0.15, 0.2) is 5.84 Å². The summed E-state index contributed by atoms with van der Waals surface area (Å²) in [7, 11) is 0. The first kappa shape index (κ1) is 11.8. The van der Waals surface area contributed by atoms with E-state index in [1.807, 2.05) is 6.21 Å². The number of rotatable bonds is 1. The molecule has 3 rings (SSSR count). The molecule has 3 aliphatic rings. The number of likely N-dealkylation sites (tertiary alicyclic amines) is 1. The fourth-order valence-corrected chi connectivity index (χ4v) is 2.84. The first-order chi connectivity index (χ1) is 8.58. The van der Waals surface area contributed by atoms with E-state index in [2.05, 4.69) is 22.2 Å². The monoisotopic (exact) mass is 268 g/mol. The molecule has 0 aromatic rings. The van der Waals surface area contributed by atoms with Crippen LogP contribution in [0.2, 0.25) is 0 Å². The Bertz CT molecular complexity index is 445. The van der Waals surface area contributed by atoms with Crippen molar-refractivity contribution in [1.82, 2.24) is 15.2 Å².